The van der Waals surface area contributed by atoms with Crippen molar-refractivity contribution in [2.75, 3.05) is 0 Å². The van der Waals surface area contributed by atoms with Gasteiger partial charge in [-0.2, -0.15) is 0 Å². The minimum atomic E-state index is -0.617. The van der Waals surface area contributed by atoms with Crippen LogP contribution < -0.4 is 5.32 Å². The number of carbonyl (C=O) groups excluding carboxylic acids is 2. The quantitative estimate of drug-likeness (QED) is 0.436. The zero-order valence-electron chi connectivity index (χ0n) is 19.2. The Kier molecular flexibility index (Phi) is 9.08. The first kappa shape index (κ1) is 24.5. The highest BCUT2D eigenvalue weighted by Gasteiger charge is 2.30. The van der Waals surface area contributed by atoms with Crippen LogP contribution in [0.5, 0.6) is 0 Å². The summed E-state index contributed by atoms with van der Waals surface area (Å²) < 4.78 is 0. The lowest BCUT2D eigenvalue weighted by molar-refractivity contribution is -0.141. The molecule has 1 atom stereocenters. The summed E-state index contributed by atoms with van der Waals surface area (Å²) in [4.78, 5) is 28.5. The largest absolute Gasteiger partial charge is 0.352 e. The Morgan fingerprint density at radius 3 is 1.97 bits per heavy atom. The zero-order chi connectivity index (χ0) is 23.6. The molecule has 0 unspecified atom stereocenters. The van der Waals surface area contributed by atoms with Crippen LogP contribution in [0.1, 0.15) is 37.0 Å². The molecule has 3 aromatic rings. The van der Waals surface area contributed by atoms with Gasteiger partial charge >= 0.3 is 0 Å². The van der Waals surface area contributed by atoms with Crippen LogP contribution in [0.3, 0.4) is 0 Å². The molecular weight excluding hydrogens is 432 g/mol. The van der Waals surface area contributed by atoms with Crippen LogP contribution in [0.2, 0.25) is 5.02 Å². The van der Waals surface area contributed by atoms with Gasteiger partial charge in [0.05, 0.1) is 0 Å². The summed E-state index contributed by atoms with van der Waals surface area (Å²) >= 11 is 6.06. The number of nitrogens with one attached hydrogen (secondary N) is 1. The Morgan fingerprint density at radius 2 is 1.39 bits per heavy atom. The van der Waals surface area contributed by atoms with Crippen molar-refractivity contribution >= 4 is 23.4 Å². The molecule has 0 spiro atoms. The maximum atomic E-state index is 13.5. The van der Waals surface area contributed by atoms with Gasteiger partial charge in [-0.15, -0.1) is 0 Å². The normalized spacial score (nSPS) is 11.8. The van der Waals surface area contributed by atoms with E-state index in [1.54, 1.807) is 4.90 Å². The predicted molar refractivity (Wildman–Crippen MR) is 134 cm³/mol. The maximum Gasteiger partial charge on any atom is 0.243 e. The van der Waals surface area contributed by atoms with Crippen LogP contribution in [-0.4, -0.2) is 28.8 Å². The number of carbonyl (C=O) groups is 2. The molecule has 0 bridgehead atoms. The molecule has 0 aromatic heterocycles. The Bertz CT molecular complexity index is 1020. The number of benzene rings is 3. The van der Waals surface area contributed by atoms with Gasteiger partial charge in [0.25, 0.3) is 0 Å². The lowest BCUT2D eigenvalue weighted by Crippen LogP contribution is -2.51. The standard InChI is InChI=1S/C28H31ClN2O2/c1-21(2)30-28(33)26(19-23-11-7-4-8-12-23)31(20-24-13-16-25(29)17-14-24)27(32)18-15-22-9-5-3-6-10-22/h3-14,16-17,21,26H,15,18-20H2,1-2H3,(H,30,33)/t26-/m0/s1. The van der Waals surface area contributed by atoms with Gasteiger partial charge in [-0.1, -0.05) is 84.4 Å². The Morgan fingerprint density at radius 1 is 0.818 bits per heavy atom. The smallest absolute Gasteiger partial charge is 0.243 e. The van der Waals surface area contributed by atoms with Crippen LogP contribution in [-0.2, 0) is 29.0 Å². The van der Waals surface area contributed by atoms with Crippen LogP contribution in [0.4, 0.5) is 0 Å². The number of nitrogens with zero attached hydrogens (tertiary/aromatic N) is 1. The number of aryl methyl sites for hydroxylation is 1. The summed E-state index contributed by atoms with van der Waals surface area (Å²) in [5.74, 6) is -0.190. The third-order valence-corrected chi connectivity index (χ3v) is 5.69. The van der Waals surface area contributed by atoms with Gasteiger partial charge in [-0.3, -0.25) is 9.59 Å². The highest BCUT2D eigenvalue weighted by molar-refractivity contribution is 6.30. The van der Waals surface area contributed by atoms with Gasteiger partial charge in [-0.25, -0.2) is 0 Å². The van der Waals surface area contributed by atoms with E-state index in [1.165, 1.54) is 0 Å². The second-order valence-electron chi connectivity index (χ2n) is 8.50. The summed E-state index contributed by atoms with van der Waals surface area (Å²) in [6.45, 7) is 4.20. The van der Waals surface area contributed by atoms with Gasteiger partial charge in [0.1, 0.15) is 6.04 Å². The summed E-state index contributed by atoms with van der Waals surface area (Å²) in [5, 5.41) is 3.65. The summed E-state index contributed by atoms with van der Waals surface area (Å²) in [5.41, 5.74) is 3.05. The molecule has 3 aromatic carbocycles. The molecule has 0 aliphatic heterocycles. The minimum Gasteiger partial charge on any atom is -0.352 e. The van der Waals surface area contributed by atoms with Gasteiger partial charge in [0.15, 0.2) is 0 Å². The molecule has 33 heavy (non-hydrogen) atoms. The molecule has 1 N–H and O–H groups in total. The van der Waals surface area contributed by atoms with Crippen molar-refractivity contribution in [3.8, 4) is 0 Å². The number of halogens is 1. The van der Waals surface area contributed by atoms with Gasteiger partial charge in [-0.05, 0) is 49.1 Å². The topological polar surface area (TPSA) is 49.4 Å². The molecule has 5 heteroatoms. The van der Waals surface area contributed by atoms with Crippen LogP contribution in [0.25, 0.3) is 0 Å². The number of rotatable bonds is 10. The van der Waals surface area contributed by atoms with Crippen molar-refractivity contribution in [2.45, 2.75) is 51.7 Å². The van der Waals surface area contributed by atoms with Crippen molar-refractivity contribution in [3.63, 3.8) is 0 Å². The van der Waals surface area contributed by atoms with Crippen LogP contribution in [0, 0.1) is 0 Å². The van der Waals surface area contributed by atoms with E-state index < -0.39 is 6.04 Å². The minimum absolute atomic E-state index is 0.0208. The molecule has 0 aliphatic rings. The molecule has 0 fully saturated rings. The monoisotopic (exact) mass is 462 g/mol. The van der Waals surface area contributed by atoms with Gasteiger partial charge in [0, 0.05) is 30.5 Å². The first-order valence-corrected chi connectivity index (χ1v) is 11.7. The zero-order valence-corrected chi connectivity index (χ0v) is 20.0. The lowest BCUT2D eigenvalue weighted by Gasteiger charge is -2.32. The van der Waals surface area contributed by atoms with E-state index in [1.807, 2.05) is 98.8 Å². The molecule has 172 valence electrons. The summed E-state index contributed by atoms with van der Waals surface area (Å²) in [7, 11) is 0. The third kappa shape index (κ3) is 7.76. The van der Waals surface area contributed by atoms with Crippen molar-refractivity contribution in [1.29, 1.82) is 0 Å². The van der Waals surface area contributed by atoms with E-state index in [0.29, 0.717) is 30.8 Å². The van der Waals surface area contributed by atoms with Gasteiger partial charge in [0.2, 0.25) is 11.8 Å². The van der Waals surface area contributed by atoms with E-state index >= 15 is 0 Å². The highest BCUT2D eigenvalue weighted by atomic mass is 35.5. The van der Waals surface area contributed by atoms with Crippen LogP contribution >= 0.6 is 11.6 Å². The average Bonchev–Trinajstić information content (AvgIpc) is 2.82. The van der Waals surface area contributed by atoms with E-state index in [0.717, 1.165) is 16.7 Å². The number of hydrogen-bond donors (Lipinski definition) is 1. The maximum absolute atomic E-state index is 13.5. The molecule has 3 rings (SSSR count). The Labute approximate surface area is 201 Å². The van der Waals surface area contributed by atoms with E-state index in [9.17, 15) is 9.59 Å². The van der Waals surface area contributed by atoms with Crippen molar-refractivity contribution in [3.05, 3.63) is 107 Å². The van der Waals surface area contributed by atoms with E-state index in [-0.39, 0.29) is 17.9 Å². The van der Waals surface area contributed by atoms with Crippen molar-refractivity contribution in [2.24, 2.45) is 0 Å². The molecule has 0 saturated carbocycles. The number of amides is 2. The molecule has 2 amide bonds. The molecule has 0 radical (unpaired) electrons. The predicted octanol–water partition coefficient (Wildman–Crippen LogP) is 5.44. The van der Waals surface area contributed by atoms with E-state index in [2.05, 4.69) is 5.32 Å². The fourth-order valence-electron chi connectivity index (χ4n) is 3.76. The Hall–Kier alpha value is -3.11. The SMILES string of the molecule is CC(C)NC(=O)[C@H](Cc1ccccc1)N(Cc1ccc(Cl)cc1)C(=O)CCc1ccccc1. The first-order valence-electron chi connectivity index (χ1n) is 11.3. The summed E-state index contributed by atoms with van der Waals surface area (Å²) in [6, 6.07) is 26.6. The molecule has 4 nitrogen and oxygen atoms in total. The average molecular weight is 463 g/mol. The van der Waals surface area contributed by atoms with Crippen molar-refractivity contribution < 1.29 is 9.59 Å². The second-order valence-corrected chi connectivity index (χ2v) is 8.94. The third-order valence-electron chi connectivity index (χ3n) is 5.44. The molecular formula is C28H31ClN2O2. The summed E-state index contributed by atoms with van der Waals surface area (Å²) in [6.07, 6.45) is 1.41. The van der Waals surface area contributed by atoms with Crippen LogP contribution in [0.15, 0.2) is 84.9 Å². The highest BCUT2D eigenvalue weighted by Crippen LogP contribution is 2.18. The fraction of sp³-hybridized carbons (Fsp3) is 0.286. The van der Waals surface area contributed by atoms with E-state index in [4.69, 9.17) is 11.6 Å². The lowest BCUT2D eigenvalue weighted by atomic mass is 10.0. The Balaban J connectivity index is 1.89. The molecule has 0 aliphatic carbocycles. The fourth-order valence-corrected chi connectivity index (χ4v) is 3.89. The number of hydrogen-bond acceptors (Lipinski definition) is 2. The second kappa shape index (κ2) is 12.2. The van der Waals surface area contributed by atoms with Gasteiger partial charge < -0.3 is 10.2 Å². The first-order chi connectivity index (χ1) is 15.9. The molecule has 0 heterocycles. The molecule has 0 saturated heterocycles. The van der Waals surface area contributed by atoms with Crippen molar-refractivity contribution in [1.82, 2.24) is 10.2 Å².